The van der Waals surface area contributed by atoms with Crippen molar-refractivity contribution in [2.24, 2.45) is 23.7 Å². The zero-order chi connectivity index (χ0) is 31.7. The summed E-state index contributed by atoms with van der Waals surface area (Å²) in [4.78, 5) is 15.9. The molecule has 0 saturated heterocycles. The number of carbonyl (C=O) groups excluding carboxylic acids is 1. The SMILES string of the molecule is CC1C/C=C/C(CCOS(C)=O)C2CCC2CN2C[C@@]3(CCCc4cc(Cl)ccc43)COc3ccc(cc32)C(=O)NS(=O)C1C. The highest BCUT2D eigenvalue weighted by molar-refractivity contribution is 7.84. The van der Waals surface area contributed by atoms with E-state index in [-0.39, 0.29) is 22.5 Å². The molecule has 2 aliphatic carbocycles. The van der Waals surface area contributed by atoms with Gasteiger partial charge in [0.2, 0.25) is 0 Å². The number of allylic oxidation sites excluding steroid dienone is 2. The molecule has 0 aromatic heterocycles. The Hall–Kier alpha value is -2.20. The molecule has 1 fully saturated rings. The van der Waals surface area contributed by atoms with Crippen LogP contribution in [-0.2, 0) is 38.1 Å². The molecule has 1 spiro atoms. The van der Waals surface area contributed by atoms with Gasteiger partial charge in [-0.15, -0.1) is 0 Å². The van der Waals surface area contributed by atoms with E-state index in [4.69, 9.17) is 20.5 Å². The van der Waals surface area contributed by atoms with Crippen LogP contribution in [0.1, 0.15) is 73.9 Å². The highest BCUT2D eigenvalue weighted by atomic mass is 35.5. The summed E-state index contributed by atoms with van der Waals surface area (Å²) in [5.41, 5.74) is 3.81. The van der Waals surface area contributed by atoms with E-state index in [1.165, 1.54) is 11.1 Å². The highest BCUT2D eigenvalue weighted by Crippen LogP contribution is 2.48. The van der Waals surface area contributed by atoms with Crippen LogP contribution < -0.4 is 14.4 Å². The number of carbonyl (C=O) groups is 1. The number of rotatable bonds is 4. The molecular formula is C35H45ClN2O5S2. The third kappa shape index (κ3) is 7.07. The number of halogens is 1. The maximum Gasteiger partial charge on any atom is 0.263 e. The number of nitrogens with one attached hydrogen (secondary N) is 1. The van der Waals surface area contributed by atoms with Gasteiger partial charge in [-0.25, -0.2) is 8.42 Å². The zero-order valence-electron chi connectivity index (χ0n) is 26.5. The number of benzene rings is 2. The Kier molecular flexibility index (Phi) is 10.1. The number of amides is 1. The lowest BCUT2D eigenvalue weighted by atomic mass is 9.65. The molecule has 2 aromatic carbocycles. The van der Waals surface area contributed by atoms with Crippen LogP contribution in [0, 0.1) is 23.7 Å². The van der Waals surface area contributed by atoms with Gasteiger partial charge in [0.1, 0.15) is 16.7 Å². The van der Waals surface area contributed by atoms with Crippen molar-refractivity contribution in [3.05, 3.63) is 70.3 Å². The Labute approximate surface area is 277 Å². The summed E-state index contributed by atoms with van der Waals surface area (Å²) in [6.45, 7) is 6.65. The molecule has 10 heteroatoms. The van der Waals surface area contributed by atoms with Crippen molar-refractivity contribution in [2.45, 2.75) is 69.5 Å². The summed E-state index contributed by atoms with van der Waals surface area (Å²) >= 11 is 5.15. The average Bonchev–Trinajstić information content (AvgIpc) is 3.14. The fourth-order valence-electron chi connectivity index (χ4n) is 7.79. The first-order chi connectivity index (χ1) is 21.6. The standard InChI is InChI=1S/C35H45ClN2O5S2/c1-23-6-4-7-25(15-17-43-44(3)40)30-12-9-28(30)20-38-21-35(16-5-8-26-18-29(36)11-13-31(26)35)22-42-33-14-10-27(19-32(33)38)34(39)37-45(41)24(23)2/h4,7,10-11,13-14,18-19,23-25,28,30H,5-6,8-9,12,15-17,20-22H2,1-3H3,(H,37,39)/b7-4+/t23?,24?,25?,28?,30?,35-,44?,45?/m0/s1. The molecule has 7 nitrogen and oxygen atoms in total. The van der Waals surface area contributed by atoms with Crippen molar-refractivity contribution in [3.8, 4) is 5.75 Å². The van der Waals surface area contributed by atoms with Crippen molar-refractivity contribution >= 4 is 45.3 Å². The molecule has 2 bridgehead atoms. The summed E-state index contributed by atoms with van der Waals surface area (Å²) < 4.78 is 39.9. The largest absolute Gasteiger partial charge is 0.490 e. The van der Waals surface area contributed by atoms with Crippen LogP contribution in [0.5, 0.6) is 5.75 Å². The van der Waals surface area contributed by atoms with E-state index in [0.717, 1.165) is 74.5 Å². The Balaban J connectivity index is 1.39. The van der Waals surface area contributed by atoms with Gasteiger partial charge in [-0.1, -0.05) is 36.7 Å². The van der Waals surface area contributed by atoms with Crippen LogP contribution in [0.2, 0.25) is 5.02 Å². The van der Waals surface area contributed by atoms with Crippen LogP contribution in [0.25, 0.3) is 0 Å². The second kappa shape index (κ2) is 13.9. The molecule has 4 aliphatic rings. The lowest BCUT2D eigenvalue weighted by Crippen LogP contribution is -2.49. The van der Waals surface area contributed by atoms with Crippen LogP contribution in [0.3, 0.4) is 0 Å². The first kappa shape index (κ1) is 32.7. The lowest BCUT2D eigenvalue weighted by molar-refractivity contribution is 0.0982. The molecule has 244 valence electrons. The molecule has 7 unspecified atom stereocenters. The van der Waals surface area contributed by atoms with E-state index < -0.39 is 22.1 Å². The molecule has 0 radical (unpaired) electrons. The predicted molar refractivity (Wildman–Crippen MR) is 183 cm³/mol. The molecule has 1 saturated carbocycles. The van der Waals surface area contributed by atoms with Crippen molar-refractivity contribution in [1.82, 2.24) is 4.72 Å². The molecule has 2 aromatic rings. The lowest BCUT2D eigenvalue weighted by Gasteiger charge is -2.46. The number of fused-ring (bicyclic) bond motifs is 4. The molecule has 45 heavy (non-hydrogen) atoms. The van der Waals surface area contributed by atoms with Gasteiger partial charge in [0.25, 0.3) is 5.91 Å². The van der Waals surface area contributed by atoms with Crippen LogP contribution in [0.15, 0.2) is 48.6 Å². The third-order valence-corrected chi connectivity index (χ3v) is 13.0. The Bertz CT molecular complexity index is 1500. The monoisotopic (exact) mass is 672 g/mol. The van der Waals surface area contributed by atoms with Gasteiger partial charge in [-0.3, -0.25) is 13.7 Å². The molecule has 8 atom stereocenters. The fraction of sp³-hybridized carbons (Fsp3) is 0.571. The van der Waals surface area contributed by atoms with E-state index >= 15 is 0 Å². The van der Waals surface area contributed by atoms with E-state index in [1.54, 1.807) is 12.3 Å². The smallest absolute Gasteiger partial charge is 0.263 e. The minimum atomic E-state index is -1.53. The predicted octanol–water partition coefficient (Wildman–Crippen LogP) is 6.53. The summed E-state index contributed by atoms with van der Waals surface area (Å²) in [5, 5.41) is 0.547. The third-order valence-electron chi connectivity index (χ3n) is 10.7. The Morgan fingerprint density at radius 1 is 1.20 bits per heavy atom. The van der Waals surface area contributed by atoms with E-state index in [2.05, 4.69) is 40.8 Å². The number of hydrogen-bond acceptors (Lipinski definition) is 6. The van der Waals surface area contributed by atoms with Crippen LogP contribution >= 0.6 is 11.6 Å². The summed E-state index contributed by atoms with van der Waals surface area (Å²) in [5.74, 6) is 1.79. The maximum absolute atomic E-state index is 13.4. The topological polar surface area (TPSA) is 84.9 Å². The second-order valence-electron chi connectivity index (χ2n) is 13.5. The molecule has 1 amide bonds. The number of anilines is 1. The zero-order valence-corrected chi connectivity index (χ0v) is 28.9. The second-order valence-corrected chi connectivity index (χ2v) is 16.6. The molecule has 1 N–H and O–H groups in total. The minimum Gasteiger partial charge on any atom is -0.490 e. The van der Waals surface area contributed by atoms with Gasteiger partial charge in [-0.05, 0) is 117 Å². The maximum atomic E-state index is 13.4. The van der Waals surface area contributed by atoms with Gasteiger partial charge in [0.05, 0.1) is 24.2 Å². The molecule has 2 aliphatic heterocycles. The van der Waals surface area contributed by atoms with Gasteiger partial charge >= 0.3 is 0 Å². The first-order valence-electron chi connectivity index (χ1n) is 16.3. The Morgan fingerprint density at radius 3 is 2.82 bits per heavy atom. The van der Waals surface area contributed by atoms with Gasteiger partial charge in [-0.2, -0.15) is 0 Å². The highest BCUT2D eigenvalue weighted by Gasteiger charge is 2.44. The Morgan fingerprint density at radius 2 is 2.04 bits per heavy atom. The average molecular weight is 673 g/mol. The molecular weight excluding hydrogens is 628 g/mol. The normalized spacial score (nSPS) is 33.1. The van der Waals surface area contributed by atoms with E-state index in [1.807, 2.05) is 25.1 Å². The van der Waals surface area contributed by atoms with Gasteiger partial charge in [0, 0.05) is 35.3 Å². The molecule has 6 rings (SSSR count). The summed E-state index contributed by atoms with van der Waals surface area (Å²) in [7, 11) is -1.53. The fourth-order valence-corrected chi connectivity index (χ4v) is 9.34. The molecule has 2 heterocycles. The quantitative estimate of drug-likeness (QED) is 0.372. The van der Waals surface area contributed by atoms with Crippen molar-refractivity contribution in [3.63, 3.8) is 0 Å². The number of aryl methyl sites for hydroxylation is 1. The van der Waals surface area contributed by atoms with Crippen molar-refractivity contribution in [2.75, 3.05) is 37.5 Å². The van der Waals surface area contributed by atoms with E-state index in [0.29, 0.717) is 36.5 Å². The van der Waals surface area contributed by atoms with Crippen molar-refractivity contribution in [1.29, 1.82) is 0 Å². The van der Waals surface area contributed by atoms with Crippen LogP contribution in [-0.4, -0.2) is 52.1 Å². The van der Waals surface area contributed by atoms with Crippen molar-refractivity contribution < 1.29 is 22.1 Å². The van der Waals surface area contributed by atoms with Gasteiger partial charge in [0.15, 0.2) is 11.1 Å². The minimum absolute atomic E-state index is 0.118. The van der Waals surface area contributed by atoms with Gasteiger partial charge < -0.3 is 9.64 Å². The number of hydrogen-bond donors (Lipinski definition) is 1. The first-order valence-corrected chi connectivity index (χ1v) is 19.4. The summed E-state index contributed by atoms with van der Waals surface area (Å²) in [6.07, 6.45) is 13.0. The number of nitrogens with zero attached hydrogens (tertiary/aromatic N) is 1. The van der Waals surface area contributed by atoms with E-state index in [9.17, 15) is 13.2 Å². The van der Waals surface area contributed by atoms with Crippen LogP contribution in [0.4, 0.5) is 5.69 Å². The number of ether oxygens (including phenoxy) is 1. The summed E-state index contributed by atoms with van der Waals surface area (Å²) in [6, 6.07) is 11.9.